The Morgan fingerprint density at radius 3 is 2.75 bits per heavy atom. The second-order valence-electron chi connectivity index (χ2n) is 2.07. The Bertz CT molecular complexity index is 133. The molecule has 1 aliphatic rings. The smallest absolute Gasteiger partial charge is 0.0650 e. The summed E-state index contributed by atoms with van der Waals surface area (Å²) in [5, 5.41) is 8.63. The van der Waals surface area contributed by atoms with Crippen molar-refractivity contribution < 1.29 is 5.11 Å². The Balaban J connectivity index is 2.59. The maximum Gasteiger partial charge on any atom is 0.0650 e. The van der Waals surface area contributed by atoms with E-state index < -0.39 is 0 Å². The van der Waals surface area contributed by atoms with Gasteiger partial charge in [-0.25, -0.2) is 0 Å². The minimum absolute atomic E-state index is 0.203. The van der Waals surface area contributed by atoms with Crippen LogP contribution < -0.4 is 0 Å². The summed E-state index contributed by atoms with van der Waals surface area (Å²) in [4.78, 5) is 0. The molecule has 1 aliphatic carbocycles. The fourth-order valence-corrected chi connectivity index (χ4v) is 0.818. The summed E-state index contributed by atoms with van der Waals surface area (Å²) in [5.41, 5.74) is 1.12. The summed E-state index contributed by atoms with van der Waals surface area (Å²) in [6.45, 7) is 2.28. The largest absolute Gasteiger partial charge is 0.392 e. The van der Waals surface area contributed by atoms with Crippen LogP contribution in [0.25, 0.3) is 0 Å². The fourth-order valence-electron chi connectivity index (χ4n) is 0.818. The summed E-state index contributed by atoms with van der Waals surface area (Å²) in [5.74, 6) is 0.458. The van der Waals surface area contributed by atoms with Crippen LogP contribution in [-0.4, -0.2) is 11.7 Å². The second-order valence-corrected chi connectivity index (χ2v) is 2.07. The summed E-state index contributed by atoms with van der Waals surface area (Å²) in [6, 6.07) is 0. The van der Waals surface area contributed by atoms with Crippen molar-refractivity contribution in [3.8, 4) is 0 Å². The molecular weight excluding hydrogens is 100 g/mol. The van der Waals surface area contributed by atoms with Crippen LogP contribution >= 0.6 is 0 Å². The van der Waals surface area contributed by atoms with Gasteiger partial charge in [-0.05, 0) is 11.5 Å². The highest BCUT2D eigenvalue weighted by molar-refractivity contribution is 5.26. The average Bonchev–Trinajstić information content (AvgIpc) is 2.14. The van der Waals surface area contributed by atoms with E-state index in [0.717, 1.165) is 5.57 Å². The van der Waals surface area contributed by atoms with Crippen molar-refractivity contribution in [2.75, 3.05) is 6.61 Å². The molecule has 0 saturated carbocycles. The Hall–Kier alpha value is -0.560. The van der Waals surface area contributed by atoms with Gasteiger partial charge in [0.1, 0.15) is 0 Å². The Kier molecular flexibility index (Phi) is 1.49. The van der Waals surface area contributed by atoms with Crippen molar-refractivity contribution in [1.29, 1.82) is 0 Å². The van der Waals surface area contributed by atoms with Gasteiger partial charge in [0.05, 0.1) is 6.61 Å². The third-order valence-corrected chi connectivity index (χ3v) is 1.48. The zero-order valence-electron chi connectivity index (χ0n) is 4.96. The van der Waals surface area contributed by atoms with E-state index in [-0.39, 0.29) is 6.61 Å². The standard InChI is InChI=1S/C7H10O/c1-6-3-2-4-7(6)5-8/h2-4,6,8H,5H2,1H3. The molecule has 1 unspecified atom stereocenters. The van der Waals surface area contributed by atoms with E-state index in [2.05, 4.69) is 13.0 Å². The number of aliphatic hydroxyl groups is 1. The third kappa shape index (κ3) is 0.819. The maximum absolute atomic E-state index is 8.63. The van der Waals surface area contributed by atoms with Crippen LogP contribution in [0.5, 0.6) is 0 Å². The fraction of sp³-hybridized carbons (Fsp3) is 0.429. The van der Waals surface area contributed by atoms with Gasteiger partial charge >= 0.3 is 0 Å². The van der Waals surface area contributed by atoms with Crippen LogP contribution in [0.15, 0.2) is 23.8 Å². The van der Waals surface area contributed by atoms with E-state index >= 15 is 0 Å². The molecule has 0 heterocycles. The van der Waals surface area contributed by atoms with Crippen molar-refractivity contribution in [2.45, 2.75) is 6.92 Å². The molecule has 0 fully saturated rings. The first-order valence-electron chi connectivity index (χ1n) is 2.82. The van der Waals surface area contributed by atoms with Crippen molar-refractivity contribution >= 4 is 0 Å². The van der Waals surface area contributed by atoms with Gasteiger partial charge in [0.25, 0.3) is 0 Å². The molecule has 0 saturated heterocycles. The molecule has 1 N–H and O–H groups in total. The summed E-state index contributed by atoms with van der Waals surface area (Å²) in [6.07, 6.45) is 6.02. The lowest BCUT2D eigenvalue weighted by Gasteiger charge is -2.01. The molecule has 0 amide bonds. The molecule has 0 aromatic heterocycles. The average molecular weight is 110 g/mol. The summed E-state index contributed by atoms with van der Waals surface area (Å²) < 4.78 is 0. The highest BCUT2D eigenvalue weighted by Crippen LogP contribution is 2.16. The predicted molar refractivity (Wildman–Crippen MR) is 33.5 cm³/mol. The highest BCUT2D eigenvalue weighted by Gasteiger charge is 2.05. The lowest BCUT2D eigenvalue weighted by Crippen LogP contribution is -1.95. The van der Waals surface area contributed by atoms with Gasteiger partial charge in [0, 0.05) is 0 Å². The van der Waals surface area contributed by atoms with Gasteiger partial charge in [0.2, 0.25) is 0 Å². The lowest BCUT2D eigenvalue weighted by atomic mass is 10.1. The monoisotopic (exact) mass is 110 g/mol. The van der Waals surface area contributed by atoms with Crippen LogP contribution in [0, 0.1) is 5.92 Å². The van der Waals surface area contributed by atoms with Gasteiger partial charge in [-0.15, -0.1) is 0 Å². The molecule has 0 bridgehead atoms. The highest BCUT2D eigenvalue weighted by atomic mass is 16.3. The third-order valence-electron chi connectivity index (χ3n) is 1.48. The molecule has 1 rings (SSSR count). The van der Waals surface area contributed by atoms with E-state index in [1.165, 1.54) is 0 Å². The molecule has 44 valence electrons. The van der Waals surface area contributed by atoms with Crippen molar-refractivity contribution in [3.63, 3.8) is 0 Å². The molecule has 1 heteroatoms. The number of rotatable bonds is 1. The summed E-state index contributed by atoms with van der Waals surface area (Å²) in [7, 11) is 0. The number of allylic oxidation sites excluding steroid dienone is 3. The van der Waals surface area contributed by atoms with Crippen LogP contribution in [-0.2, 0) is 0 Å². The molecule has 0 aliphatic heterocycles. The van der Waals surface area contributed by atoms with Crippen LogP contribution in [0.4, 0.5) is 0 Å². The number of hydrogen-bond donors (Lipinski definition) is 1. The predicted octanol–water partition coefficient (Wildman–Crippen LogP) is 1.11. The van der Waals surface area contributed by atoms with Crippen molar-refractivity contribution in [2.24, 2.45) is 5.92 Å². The first-order chi connectivity index (χ1) is 3.84. The van der Waals surface area contributed by atoms with Crippen LogP contribution in [0.1, 0.15) is 6.92 Å². The zero-order valence-corrected chi connectivity index (χ0v) is 4.96. The zero-order chi connectivity index (χ0) is 5.98. The van der Waals surface area contributed by atoms with Gasteiger partial charge in [-0.3, -0.25) is 0 Å². The molecule has 0 spiro atoms. The molecule has 1 nitrogen and oxygen atoms in total. The SMILES string of the molecule is CC1C=CC=C1CO. The van der Waals surface area contributed by atoms with E-state index in [4.69, 9.17) is 5.11 Å². The van der Waals surface area contributed by atoms with Crippen molar-refractivity contribution in [1.82, 2.24) is 0 Å². The number of aliphatic hydroxyl groups excluding tert-OH is 1. The van der Waals surface area contributed by atoms with E-state index in [1.54, 1.807) is 0 Å². The Morgan fingerprint density at radius 2 is 2.50 bits per heavy atom. The summed E-state index contributed by atoms with van der Waals surface area (Å²) >= 11 is 0. The number of hydrogen-bond acceptors (Lipinski definition) is 1. The minimum atomic E-state index is 0.203. The van der Waals surface area contributed by atoms with E-state index in [9.17, 15) is 0 Å². The minimum Gasteiger partial charge on any atom is -0.392 e. The molecule has 0 radical (unpaired) electrons. The normalized spacial score (nSPS) is 26.2. The first-order valence-corrected chi connectivity index (χ1v) is 2.82. The van der Waals surface area contributed by atoms with Gasteiger partial charge in [-0.1, -0.05) is 25.2 Å². The molecule has 1 atom stereocenters. The quantitative estimate of drug-likeness (QED) is 0.536. The Morgan fingerprint density at radius 1 is 1.75 bits per heavy atom. The molecule has 0 aromatic carbocycles. The topological polar surface area (TPSA) is 20.2 Å². The first kappa shape index (κ1) is 5.57. The van der Waals surface area contributed by atoms with Crippen LogP contribution in [0.2, 0.25) is 0 Å². The van der Waals surface area contributed by atoms with Crippen molar-refractivity contribution in [3.05, 3.63) is 23.8 Å². The Labute approximate surface area is 49.3 Å². The molecular formula is C7H10O. The second kappa shape index (κ2) is 2.14. The van der Waals surface area contributed by atoms with Crippen LogP contribution in [0.3, 0.4) is 0 Å². The molecule has 0 aromatic rings. The molecule has 8 heavy (non-hydrogen) atoms. The van der Waals surface area contributed by atoms with Gasteiger partial charge in [0.15, 0.2) is 0 Å². The van der Waals surface area contributed by atoms with Gasteiger partial charge in [-0.2, -0.15) is 0 Å². The van der Waals surface area contributed by atoms with E-state index in [0.29, 0.717) is 5.92 Å². The lowest BCUT2D eigenvalue weighted by molar-refractivity contribution is 0.322. The van der Waals surface area contributed by atoms with Gasteiger partial charge < -0.3 is 5.11 Å². The maximum atomic E-state index is 8.63. The van der Waals surface area contributed by atoms with E-state index in [1.807, 2.05) is 12.2 Å².